The second kappa shape index (κ2) is 7.17. The minimum absolute atomic E-state index is 0.123. The van der Waals surface area contributed by atoms with Gasteiger partial charge in [0.1, 0.15) is 17.1 Å². The van der Waals surface area contributed by atoms with Gasteiger partial charge < -0.3 is 19.1 Å². The number of carbonyl (C=O) groups is 1. The number of pyridine rings is 1. The van der Waals surface area contributed by atoms with Crippen LogP contribution in [-0.2, 0) is 6.54 Å². The van der Waals surface area contributed by atoms with Crippen molar-refractivity contribution in [3.05, 3.63) is 88.0 Å². The first kappa shape index (κ1) is 20.0. The van der Waals surface area contributed by atoms with Crippen LogP contribution in [-0.4, -0.2) is 30.8 Å². The lowest BCUT2D eigenvalue weighted by atomic mass is 10.0. The van der Waals surface area contributed by atoms with Crippen molar-refractivity contribution in [1.82, 2.24) is 19.7 Å². The van der Waals surface area contributed by atoms with E-state index < -0.39 is 17.3 Å². The van der Waals surface area contributed by atoms with Crippen molar-refractivity contribution in [2.24, 2.45) is 0 Å². The molecule has 9 heteroatoms. The highest BCUT2D eigenvalue weighted by Crippen LogP contribution is 2.40. The van der Waals surface area contributed by atoms with Crippen LogP contribution >= 0.6 is 0 Å². The fourth-order valence-corrected chi connectivity index (χ4v) is 4.66. The van der Waals surface area contributed by atoms with Gasteiger partial charge in [-0.15, -0.1) is 0 Å². The average molecular weight is 456 g/mol. The molecular weight excluding hydrogens is 439 g/mol. The number of furan rings is 1. The number of aromatic amines is 2. The number of carboxylic acids is 1. The maximum atomic E-state index is 15.0. The van der Waals surface area contributed by atoms with Crippen LogP contribution in [0.15, 0.2) is 64.3 Å². The van der Waals surface area contributed by atoms with Crippen molar-refractivity contribution in [3.63, 3.8) is 0 Å². The summed E-state index contributed by atoms with van der Waals surface area (Å²) in [4.78, 5) is 28.0. The van der Waals surface area contributed by atoms with Gasteiger partial charge in [-0.2, -0.15) is 5.10 Å². The molecule has 168 valence electrons. The molecule has 3 N–H and O–H groups in total. The number of aromatic nitrogens is 4. The monoisotopic (exact) mass is 456 g/mol. The smallest absolute Gasteiger partial charge is 0.353 e. The zero-order valence-electron chi connectivity index (χ0n) is 17.8. The third kappa shape index (κ3) is 2.80. The summed E-state index contributed by atoms with van der Waals surface area (Å²) in [5.41, 5.74) is 2.89. The van der Waals surface area contributed by atoms with Crippen molar-refractivity contribution in [1.29, 1.82) is 0 Å². The van der Waals surface area contributed by atoms with Crippen molar-refractivity contribution >= 4 is 38.7 Å². The number of nitrogens with zero attached hydrogens (tertiary/aromatic N) is 2. The molecule has 0 radical (unpaired) electrons. The zero-order valence-corrected chi connectivity index (χ0v) is 17.8. The van der Waals surface area contributed by atoms with Crippen LogP contribution in [0.4, 0.5) is 4.39 Å². The van der Waals surface area contributed by atoms with E-state index in [1.54, 1.807) is 18.3 Å². The van der Waals surface area contributed by atoms with Crippen LogP contribution in [0.1, 0.15) is 21.6 Å². The van der Waals surface area contributed by atoms with Gasteiger partial charge in [-0.25, -0.2) is 9.18 Å². The summed E-state index contributed by atoms with van der Waals surface area (Å²) in [7, 11) is 0. The Bertz CT molecular complexity index is 1820. The highest BCUT2D eigenvalue weighted by Gasteiger charge is 2.29. The summed E-state index contributed by atoms with van der Waals surface area (Å²) < 4.78 is 22.2. The van der Waals surface area contributed by atoms with Crippen LogP contribution in [0.25, 0.3) is 43.9 Å². The number of hydrogen-bond donors (Lipinski definition) is 3. The normalized spacial score (nSPS) is 11.7. The number of fused-ring (bicyclic) bond motifs is 4. The average Bonchev–Trinajstić information content (AvgIpc) is 3.52. The summed E-state index contributed by atoms with van der Waals surface area (Å²) in [5.74, 6) is -1.78. The van der Waals surface area contributed by atoms with Gasteiger partial charge >= 0.3 is 5.97 Å². The van der Waals surface area contributed by atoms with E-state index in [2.05, 4.69) is 15.2 Å². The molecule has 0 bridgehead atoms. The zero-order chi connectivity index (χ0) is 23.6. The van der Waals surface area contributed by atoms with Crippen molar-refractivity contribution in [2.45, 2.75) is 13.5 Å². The first-order valence-corrected chi connectivity index (χ1v) is 10.5. The molecule has 0 fully saturated rings. The summed E-state index contributed by atoms with van der Waals surface area (Å²) >= 11 is 0. The number of nitrogens with one attached hydrogen (secondary N) is 2. The molecule has 0 spiro atoms. The third-order valence-corrected chi connectivity index (χ3v) is 6.23. The fourth-order valence-electron chi connectivity index (χ4n) is 4.66. The molecule has 0 atom stereocenters. The van der Waals surface area contributed by atoms with Gasteiger partial charge in [0, 0.05) is 23.7 Å². The van der Waals surface area contributed by atoms with Gasteiger partial charge in [-0.05, 0) is 54.4 Å². The second-order valence-corrected chi connectivity index (χ2v) is 8.18. The number of rotatable bonds is 4. The molecule has 0 unspecified atom stereocenters. The van der Waals surface area contributed by atoms with Gasteiger partial charge in [-0.1, -0.05) is 0 Å². The minimum atomic E-state index is -1.24. The van der Waals surface area contributed by atoms with E-state index in [-0.39, 0.29) is 34.3 Å². The number of carboxylic acid groups (broad SMARTS) is 1. The largest absolute Gasteiger partial charge is 0.477 e. The highest BCUT2D eigenvalue weighted by molar-refractivity contribution is 6.17. The number of aromatic carboxylic acids is 1. The molecule has 6 aromatic rings. The van der Waals surface area contributed by atoms with Gasteiger partial charge in [0.15, 0.2) is 0 Å². The number of halogens is 1. The standard InChI is InChI=1S/C25H17FN4O4/c1-12-7-18-13(10-28-29-18)8-14(12)11-30-19-9-17(26)15-4-6-34-23(15)21(19)20(22(30)25(32)33)16-3-2-5-27-24(16)31/h2-10H,11H2,1H3,(H,27,31)(H,28,29)(H,32,33). The van der Waals surface area contributed by atoms with Gasteiger partial charge in [0.2, 0.25) is 0 Å². The van der Waals surface area contributed by atoms with E-state index in [1.165, 1.54) is 29.2 Å². The third-order valence-electron chi connectivity index (χ3n) is 6.23. The minimum Gasteiger partial charge on any atom is -0.477 e. The molecule has 4 aromatic heterocycles. The molecule has 6 rings (SSSR count). The molecule has 0 amide bonds. The molecule has 0 aliphatic carbocycles. The van der Waals surface area contributed by atoms with Crippen molar-refractivity contribution < 1.29 is 18.7 Å². The maximum Gasteiger partial charge on any atom is 0.353 e. The molecule has 0 saturated carbocycles. The number of benzene rings is 2. The van der Waals surface area contributed by atoms with Crippen LogP contribution in [0, 0.1) is 12.7 Å². The van der Waals surface area contributed by atoms with E-state index in [9.17, 15) is 14.7 Å². The molecule has 34 heavy (non-hydrogen) atoms. The Hall–Kier alpha value is -4.66. The first-order chi connectivity index (χ1) is 16.4. The van der Waals surface area contributed by atoms with Crippen LogP contribution in [0.2, 0.25) is 0 Å². The number of hydrogen-bond acceptors (Lipinski definition) is 4. The Morgan fingerprint density at radius 1 is 1.26 bits per heavy atom. The summed E-state index contributed by atoms with van der Waals surface area (Å²) in [5, 5.41) is 18.7. The lowest BCUT2D eigenvalue weighted by molar-refractivity contribution is 0.0687. The lowest BCUT2D eigenvalue weighted by Crippen LogP contribution is -2.14. The molecular formula is C25H17FN4O4. The molecule has 8 nitrogen and oxygen atoms in total. The Labute approximate surface area is 190 Å². The van der Waals surface area contributed by atoms with E-state index in [0.29, 0.717) is 10.9 Å². The van der Waals surface area contributed by atoms with Crippen LogP contribution in [0.5, 0.6) is 0 Å². The summed E-state index contributed by atoms with van der Waals surface area (Å²) in [6, 6.07) is 9.79. The fraction of sp³-hybridized carbons (Fsp3) is 0.0800. The summed E-state index contributed by atoms with van der Waals surface area (Å²) in [6.45, 7) is 2.05. The first-order valence-electron chi connectivity index (χ1n) is 10.5. The topological polar surface area (TPSA) is 117 Å². The molecule has 0 saturated heterocycles. The van der Waals surface area contributed by atoms with Crippen LogP contribution < -0.4 is 5.56 Å². The molecule has 4 heterocycles. The quantitative estimate of drug-likeness (QED) is 0.352. The van der Waals surface area contributed by atoms with Gasteiger partial charge in [0.25, 0.3) is 5.56 Å². The van der Waals surface area contributed by atoms with E-state index >= 15 is 4.39 Å². The number of H-pyrrole nitrogens is 2. The molecule has 2 aromatic carbocycles. The molecule has 0 aliphatic heterocycles. The van der Waals surface area contributed by atoms with Crippen LogP contribution in [0.3, 0.4) is 0 Å². The van der Waals surface area contributed by atoms with Gasteiger partial charge in [-0.3, -0.25) is 9.89 Å². The second-order valence-electron chi connectivity index (χ2n) is 8.18. The van der Waals surface area contributed by atoms with Crippen molar-refractivity contribution in [3.8, 4) is 11.1 Å². The maximum absolute atomic E-state index is 15.0. The predicted octanol–water partition coefficient (Wildman–Crippen LogP) is 4.81. The Balaban J connectivity index is 1.75. The van der Waals surface area contributed by atoms with E-state index in [4.69, 9.17) is 4.42 Å². The number of aryl methyl sites for hydroxylation is 1. The predicted molar refractivity (Wildman–Crippen MR) is 125 cm³/mol. The van der Waals surface area contributed by atoms with E-state index in [0.717, 1.165) is 22.0 Å². The Kier molecular flexibility index (Phi) is 4.22. The van der Waals surface area contributed by atoms with Gasteiger partial charge in [0.05, 0.1) is 39.8 Å². The Morgan fingerprint density at radius 3 is 2.91 bits per heavy atom. The SMILES string of the molecule is Cc1cc2[nH]ncc2cc1Cn1c(C(=O)O)c(-c2ccc[nH]c2=O)c2c3occc3c(F)cc21. The molecule has 0 aliphatic rings. The summed E-state index contributed by atoms with van der Waals surface area (Å²) in [6.07, 6.45) is 4.50. The highest BCUT2D eigenvalue weighted by atomic mass is 19.1. The van der Waals surface area contributed by atoms with Crippen molar-refractivity contribution in [2.75, 3.05) is 0 Å². The van der Waals surface area contributed by atoms with E-state index in [1.807, 2.05) is 19.1 Å². The Morgan fingerprint density at radius 2 is 2.12 bits per heavy atom. The lowest BCUT2D eigenvalue weighted by Gasteiger charge is -2.12.